The van der Waals surface area contributed by atoms with Crippen LogP contribution in [-0.2, 0) is 9.47 Å². The molecule has 2 aromatic rings. The molecule has 1 saturated carbocycles. The van der Waals surface area contributed by atoms with Gasteiger partial charge in [-0.3, -0.25) is 4.79 Å². The van der Waals surface area contributed by atoms with E-state index in [9.17, 15) is 4.79 Å². The standard InChI is InChI=1S/C17H20N2O3S/c20-17(12-3-4-13-16(7-12)23-10-18-13)19-14-9-21-6-5-15(14)22-8-11-1-2-11/h3-4,7,10-11,14-15H,1-2,5-6,8-9H2,(H,19,20)/t14-,15+/m1/s1. The minimum atomic E-state index is -0.0767. The number of ether oxygens (including phenoxy) is 2. The normalized spacial score (nSPS) is 24.7. The van der Waals surface area contributed by atoms with Crippen LogP contribution < -0.4 is 5.32 Å². The van der Waals surface area contributed by atoms with Gasteiger partial charge >= 0.3 is 0 Å². The third-order valence-electron chi connectivity index (χ3n) is 4.45. The Labute approximate surface area is 139 Å². The van der Waals surface area contributed by atoms with E-state index < -0.39 is 0 Å². The maximum atomic E-state index is 12.5. The van der Waals surface area contributed by atoms with Crippen LogP contribution in [-0.4, -0.2) is 42.9 Å². The van der Waals surface area contributed by atoms with Crippen molar-refractivity contribution >= 4 is 27.5 Å². The zero-order chi connectivity index (χ0) is 15.6. The van der Waals surface area contributed by atoms with E-state index in [1.165, 1.54) is 12.8 Å². The van der Waals surface area contributed by atoms with Gasteiger partial charge in [-0.15, -0.1) is 11.3 Å². The second-order valence-electron chi connectivity index (χ2n) is 6.29. The quantitative estimate of drug-likeness (QED) is 0.914. The number of fused-ring (bicyclic) bond motifs is 1. The van der Waals surface area contributed by atoms with Gasteiger partial charge in [-0.1, -0.05) is 0 Å². The van der Waals surface area contributed by atoms with E-state index in [1.54, 1.807) is 16.8 Å². The molecular weight excluding hydrogens is 312 g/mol. The van der Waals surface area contributed by atoms with Gasteiger partial charge in [-0.2, -0.15) is 0 Å². The fraction of sp³-hybridized carbons (Fsp3) is 0.529. The van der Waals surface area contributed by atoms with Gasteiger partial charge in [0, 0.05) is 18.8 Å². The van der Waals surface area contributed by atoms with E-state index in [2.05, 4.69) is 10.3 Å². The Morgan fingerprint density at radius 3 is 3.17 bits per heavy atom. The van der Waals surface area contributed by atoms with Crippen molar-refractivity contribution in [3.63, 3.8) is 0 Å². The molecule has 2 aliphatic rings. The molecule has 6 heteroatoms. The Hall–Kier alpha value is -1.50. The fourth-order valence-electron chi connectivity index (χ4n) is 2.84. The summed E-state index contributed by atoms with van der Waals surface area (Å²) in [6.45, 7) is 2.03. The lowest BCUT2D eigenvalue weighted by atomic mass is 10.1. The number of thiazole rings is 1. The third-order valence-corrected chi connectivity index (χ3v) is 5.24. The molecule has 0 bridgehead atoms. The predicted molar refractivity (Wildman–Crippen MR) is 88.8 cm³/mol. The van der Waals surface area contributed by atoms with Crippen LogP contribution in [0.15, 0.2) is 23.7 Å². The first-order valence-electron chi connectivity index (χ1n) is 8.13. The molecule has 23 heavy (non-hydrogen) atoms. The Morgan fingerprint density at radius 1 is 1.39 bits per heavy atom. The van der Waals surface area contributed by atoms with Gasteiger partial charge in [0.15, 0.2) is 0 Å². The van der Waals surface area contributed by atoms with Gasteiger partial charge in [0.25, 0.3) is 5.91 Å². The summed E-state index contributed by atoms with van der Waals surface area (Å²) in [5, 5.41) is 3.08. The number of hydrogen-bond donors (Lipinski definition) is 1. The first kappa shape index (κ1) is 15.1. The molecule has 122 valence electrons. The minimum Gasteiger partial charge on any atom is -0.379 e. The van der Waals surface area contributed by atoms with Crippen LogP contribution >= 0.6 is 11.3 Å². The van der Waals surface area contributed by atoms with Crippen LogP contribution in [0.3, 0.4) is 0 Å². The third kappa shape index (κ3) is 3.54. The molecule has 4 rings (SSSR count). The number of rotatable bonds is 5. The highest BCUT2D eigenvalue weighted by Crippen LogP contribution is 2.30. The number of aromatic nitrogens is 1. The van der Waals surface area contributed by atoms with Gasteiger partial charge in [0.1, 0.15) is 0 Å². The lowest BCUT2D eigenvalue weighted by molar-refractivity contribution is -0.0567. The van der Waals surface area contributed by atoms with E-state index in [0.29, 0.717) is 18.8 Å². The van der Waals surface area contributed by atoms with Crippen molar-refractivity contribution in [3.8, 4) is 0 Å². The summed E-state index contributed by atoms with van der Waals surface area (Å²) in [6, 6.07) is 5.53. The van der Waals surface area contributed by atoms with Crippen molar-refractivity contribution in [2.24, 2.45) is 5.92 Å². The van der Waals surface area contributed by atoms with Crippen molar-refractivity contribution in [2.45, 2.75) is 31.4 Å². The Balaban J connectivity index is 1.42. The summed E-state index contributed by atoms with van der Waals surface area (Å²) in [4.78, 5) is 16.8. The van der Waals surface area contributed by atoms with Gasteiger partial charge in [-0.05, 0) is 43.4 Å². The molecule has 2 heterocycles. The molecular formula is C17H20N2O3S. The van der Waals surface area contributed by atoms with E-state index in [4.69, 9.17) is 9.47 Å². The van der Waals surface area contributed by atoms with Crippen molar-refractivity contribution in [1.82, 2.24) is 10.3 Å². The maximum Gasteiger partial charge on any atom is 0.251 e. The Kier molecular flexibility index (Phi) is 4.29. The van der Waals surface area contributed by atoms with E-state index >= 15 is 0 Å². The number of carbonyl (C=O) groups excluding carboxylic acids is 1. The topological polar surface area (TPSA) is 60.5 Å². The zero-order valence-electron chi connectivity index (χ0n) is 12.9. The molecule has 1 aromatic carbocycles. The molecule has 0 radical (unpaired) electrons. The number of carbonyl (C=O) groups is 1. The van der Waals surface area contributed by atoms with E-state index in [-0.39, 0.29) is 18.1 Å². The summed E-state index contributed by atoms with van der Waals surface area (Å²) in [5.41, 5.74) is 3.38. The summed E-state index contributed by atoms with van der Waals surface area (Å²) in [6.07, 6.45) is 3.44. The molecule has 2 fully saturated rings. The summed E-state index contributed by atoms with van der Waals surface area (Å²) >= 11 is 1.54. The smallest absolute Gasteiger partial charge is 0.251 e. The molecule has 1 aliphatic heterocycles. The predicted octanol–water partition coefficient (Wildman–Crippen LogP) is 2.61. The molecule has 2 atom stereocenters. The van der Waals surface area contributed by atoms with E-state index in [0.717, 1.165) is 29.2 Å². The van der Waals surface area contributed by atoms with Crippen molar-refractivity contribution in [1.29, 1.82) is 0 Å². The first-order valence-corrected chi connectivity index (χ1v) is 9.01. The van der Waals surface area contributed by atoms with Crippen LogP contribution in [0.25, 0.3) is 10.2 Å². The molecule has 1 aromatic heterocycles. The van der Waals surface area contributed by atoms with Gasteiger partial charge in [0.05, 0.1) is 34.5 Å². The number of nitrogens with zero attached hydrogens (tertiary/aromatic N) is 1. The van der Waals surface area contributed by atoms with Gasteiger partial charge in [-0.25, -0.2) is 4.98 Å². The Morgan fingerprint density at radius 2 is 2.30 bits per heavy atom. The van der Waals surface area contributed by atoms with Crippen LogP contribution in [0.1, 0.15) is 29.6 Å². The van der Waals surface area contributed by atoms with Crippen LogP contribution in [0.5, 0.6) is 0 Å². The first-order chi connectivity index (χ1) is 11.3. The monoisotopic (exact) mass is 332 g/mol. The minimum absolute atomic E-state index is 0.0560. The molecule has 1 N–H and O–H groups in total. The highest BCUT2D eigenvalue weighted by Gasteiger charge is 2.30. The molecule has 5 nitrogen and oxygen atoms in total. The van der Waals surface area contributed by atoms with Crippen molar-refractivity contribution < 1.29 is 14.3 Å². The second-order valence-corrected chi connectivity index (χ2v) is 7.18. The summed E-state index contributed by atoms with van der Waals surface area (Å²) in [5.74, 6) is 0.652. The number of nitrogens with one attached hydrogen (secondary N) is 1. The molecule has 1 saturated heterocycles. The van der Waals surface area contributed by atoms with Crippen molar-refractivity contribution in [2.75, 3.05) is 19.8 Å². The largest absolute Gasteiger partial charge is 0.379 e. The molecule has 1 aliphatic carbocycles. The second kappa shape index (κ2) is 6.55. The number of benzene rings is 1. The average Bonchev–Trinajstić information content (AvgIpc) is 3.28. The van der Waals surface area contributed by atoms with Gasteiger partial charge in [0.2, 0.25) is 0 Å². The molecule has 0 unspecified atom stereocenters. The number of hydrogen-bond acceptors (Lipinski definition) is 5. The average molecular weight is 332 g/mol. The molecule has 1 amide bonds. The van der Waals surface area contributed by atoms with Crippen molar-refractivity contribution in [3.05, 3.63) is 29.3 Å². The van der Waals surface area contributed by atoms with E-state index in [1.807, 2.05) is 18.2 Å². The fourth-order valence-corrected chi connectivity index (χ4v) is 3.56. The number of amides is 1. The lowest BCUT2D eigenvalue weighted by Crippen LogP contribution is -2.50. The van der Waals surface area contributed by atoms with Crippen LogP contribution in [0, 0.1) is 5.92 Å². The molecule has 0 spiro atoms. The highest BCUT2D eigenvalue weighted by atomic mass is 32.1. The maximum absolute atomic E-state index is 12.5. The van der Waals surface area contributed by atoms with Crippen LogP contribution in [0.4, 0.5) is 0 Å². The SMILES string of the molecule is O=C(N[C@@H]1COCC[C@@H]1OCC1CC1)c1ccc2ncsc2c1. The Bertz CT molecular complexity index is 698. The van der Waals surface area contributed by atoms with Crippen LogP contribution in [0.2, 0.25) is 0 Å². The zero-order valence-corrected chi connectivity index (χ0v) is 13.7. The summed E-state index contributed by atoms with van der Waals surface area (Å²) in [7, 11) is 0. The lowest BCUT2D eigenvalue weighted by Gasteiger charge is -2.32. The highest BCUT2D eigenvalue weighted by molar-refractivity contribution is 7.16. The van der Waals surface area contributed by atoms with Gasteiger partial charge < -0.3 is 14.8 Å². The summed E-state index contributed by atoms with van der Waals surface area (Å²) < 4.78 is 12.6.